The molecule has 0 radical (unpaired) electrons. The molecule has 1 amide bonds. The van der Waals surface area contributed by atoms with E-state index in [1.807, 2.05) is 6.08 Å². The molecule has 36 heavy (non-hydrogen) atoms. The molecule has 2 saturated carbocycles. The minimum absolute atomic E-state index is 0.00296. The summed E-state index contributed by atoms with van der Waals surface area (Å²) < 4.78 is 27.1. The van der Waals surface area contributed by atoms with Gasteiger partial charge in [-0.2, -0.15) is 0 Å². The molecule has 2 aliphatic carbocycles. The number of hydrogen-bond donors (Lipinski definition) is 0. The van der Waals surface area contributed by atoms with Crippen LogP contribution in [0.5, 0.6) is 0 Å². The summed E-state index contributed by atoms with van der Waals surface area (Å²) in [6.07, 6.45) is 31.1. The normalized spacial score (nSPS) is 28.2. The van der Waals surface area contributed by atoms with Gasteiger partial charge in [-0.1, -0.05) is 96.1 Å². The van der Waals surface area contributed by atoms with Crippen LogP contribution in [0.2, 0.25) is 0 Å². The number of nitrogens with zero attached hydrogens (tertiary/aromatic N) is 1. The van der Waals surface area contributed by atoms with Crippen LogP contribution in [-0.4, -0.2) is 30.4 Å². The third-order valence-electron chi connectivity index (χ3n) is 9.45. The zero-order valence-corrected chi connectivity index (χ0v) is 24.0. The van der Waals surface area contributed by atoms with Gasteiger partial charge in [-0.05, 0) is 69.1 Å². The molecule has 1 heterocycles. The maximum atomic E-state index is 12.9. The van der Waals surface area contributed by atoms with Crippen molar-refractivity contribution in [3.05, 3.63) is 36.5 Å². The number of unbranched alkanes of at least 4 members (excludes halogenated alkanes) is 10. The first-order chi connectivity index (χ1) is 17.3. The van der Waals surface area contributed by atoms with Gasteiger partial charge < -0.3 is 0 Å². The van der Waals surface area contributed by atoms with Crippen molar-refractivity contribution >= 4 is 15.9 Å². The van der Waals surface area contributed by atoms with Crippen LogP contribution in [0.15, 0.2) is 36.5 Å². The fourth-order valence-corrected chi connectivity index (χ4v) is 9.60. The largest absolute Gasteiger partial charge is 0.269 e. The first-order valence-electron chi connectivity index (χ1n) is 14.8. The Morgan fingerprint density at radius 1 is 0.833 bits per heavy atom. The standard InChI is InChI=1S/C31H51NO3S/c1-4-5-6-7-8-9-10-11-12-13-14-15-16-17-18-19-20-21-22-29(33)32-28-25-27-23-24-31(28,30(27,2)3)26-36(32,34)35/h13-14,17-18,21-22,27-28H,4-12,15-16,19-20,23-26H2,1-3H3/b14-13+,18-17+,22-21+/t27-,28-,31-/m0/s1. The summed E-state index contributed by atoms with van der Waals surface area (Å²) in [5.41, 5.74) is -0.248. The van der Waals surface area contributed by atoms with Gasteiger partial charge in [0.05, 0.1) is 11.8 Å². The molecule has 1 saturated heterocycles. The molecule has 0 aromatic rings. The van der Waals surface area contributed by atoms with E-state index in [4.69, 9.17) is 0 Å². The summed E-state index contributed by atoms with van der Waals surface area (Å²) in [4.78, 5) is 12.9. The van der Waals surface area contributed by atoms with Gasteiger partial charge in [0.2, 0.25) is 10.0 Å². The van der Waals surface area contributed by atoms with E-state index in [1.54, 1.807) is 0 Å². The SMILES string of the molecule is CCCCCCCCCC/C=C/CC/C=C/CC/C=C/C(=O)N1[C@H]2C[C@@H]3CC[C@@]2(CS1(=O)=O)C3(C)C. The monoisotopic (exact) mass is 517 g/mol. The zero-order chi connectivity index (χ0) is 26.1. The number of amides is 1. The Labute approximate surface area is 221 Å². The van der Waals surface area contributed by atoms with E-state index in [0.29, 0.717) is 5.92 Å². The molecule has 0 aromatic carbocycles. The molecule has 3 atom stereocenters. The fraction of sp³-hybridized carbons (Fsp3) is 0.774. The molecule has 0 unspecified atom stereocenters. The Morgan fingerprint density at radius 2 is 1.39 bits per heavy atom. The van der Waals surface area contributed by atoms with E-state index >= 15 is 0 Å². The number of allylic oxidation sites excluding steroid dienone is 5. The van der Waals surface area contributed by atoms with Crippen LogP contribution in [0.3, 0.4) is 0 Å². The fourth-order valence-electron chi connectivity index (χ4n) is 7.09. The van der Waals surface area contributed by atoms with Crippen molar-refractivity contribution in [1.29, 1.82) is 0 Å². The van der Waals surface area contributed by atoms with Crippen molar-refractivity contribution in [3.8, 4) is 0 Å². The average Bonchev–Trinajstić information content (AvgIpc) is 3.31. The molecule has 1 aliphatic heterocycles. The summed E-state index contributed by atoms with van der Waals surface area (Å²) in [7, 11) is -3.52. The maximum absolute atomic E-state index is 12.9. The highest BCUT2D eigenvalue weighted by atomic mass is 32.2. The van der Waals surface area contributed by atoms with Crippen molar-refractivity contribution in [2.24, 2.45) is 16.7 Å². The van der Waals surface area contributed by atoms with Crippen LogP contribution < -0.4 is 0 Å². The zero-order valence-electron chi connectivity index (χ0n) is 23.2. The van der Waals surface area contributed by atoms with Gasteiger partial charge in [-0.3, -0.25) is 4.79 Å². The van der Waals surface area contributed by atoms with Gasteiger partial charge in [0, 0.05) is 11.5 Å². The van der Waals surface area contributed by atoms with E-state index in [2.05, 4.69) is 45.1 Å². The Balaban J connectivity index is 1.26. The minimum Gasteiger partial charge on any atom is -0.269 e. The topological polar surface area (TPSA) is 54.5 Å². The Morgan fingerprint density at radius 3 is 2.00 bits per heavy atom. The predicted molar refractivity (Wildman–Crippen MR) is 151 cm³/mol. The average molecular weight is 518 g/mol. The molecule has 3 rings (SSSR count). The van der Waals surface area contributed by atoms with Gasteiger partial charge in [-0.15, -0.1) is 0 Å². The lowest BCUT2D eigenvalue weighted by atomic mass is 9.69. The molecule has 5 heteroatoms. The summed E-state index contributed by atoms with van der Waals surface area (Å²) in [5.74, 6) is 0.331. The first-order valence-corrected chi connectivity index (χ1v) is 16.4. The molecule has 4 nitrogen and oxygen atoms in total. The van der Waals surface area contributed by atoms with Crippen LogP contribution in [0, 0.1) is 16.7 Å². The number of fused-ring (bicyclic) bond motifs is 1. The highest BCUT2D eigenvalue weighted by Crippen LogP contribution is 2.69. The van der Waals surface area contributed by atoms with Crippen molar-refractivity contribution in [3.63, 3.8) is 0 Å². The number of carbonyl (C=O) groups is 1. The van der Waals surface area contributed by atoms with Gasteiger partial charge in [0.25, 0.3) is 5.91 Å². The van der Waals surface area contributed by atoms with Gasteiger partial charge >= 0.3 is 0 Å². The van der Waals surface area contributed by atoms with Crippen LogP contribution in [0.4, 0.5) is 0 Å². The second-order valence-corrected chi connectivity index (χ2v) is 13.9. The van der Waals surface area contributed by atoms with Crippen LogP contribution in [-0.2, 0) is 14.8 Å². The van der Waals surface area contributed by atoms with Crippen LogP contribution >= 0.6 is 0 Å². The predicted octanol–water partition coefficient (Wildman–Crippen LogP) is 8.11. The second-order valence-electron chi connectivity index (χ2n) is 12.0. The second kappa shape index (κ2) is 13.4. The first kappa shape index (κ1) is 29.2. The van der Waals surface area contributed by atoms with Gasteiger partial charge in [0.15, 0.2) is 0 Å². The smallest absolute Gasteiger partial charge is 0.259 e. The number of sulfonamides is 1. The number of carbonyl (C=O) groups excluding carboxylic acids is 1. The number of rotatable bonds is 16. The van der Waals surface area contributed by atoms with E-state index in [-0.39, 0.29) is 28.5 Å². The Hall–Kier alpha value is -1.36. The molecular weight excluding hydrogens is 466 g/mol. The molecule has 2 bridgehead atoms. The van der Waals surface area contributed by atoms with E-state index in [9.17, 15) is 13.2 Å². The maximum Gasteiger partial charge on any atom is 0.259 e. The highest BCUT2D eigenvalue weighted by molar-refractivity contribution is 7.90. The molecule has 0 N–H and O–H groups in total. The molecule has 3 fully saturated rings. The summed E-state index contributed by atoms with van der Waals surface area (Å²) >= 11 is 0. The van der Waals surface area contributed by atoms with Crippen molar-refractivity contribution < 1.29 is 13.2 Å². The third kappa shape index (κ3) is 6.74. The highest BCUT2D eigenvalue weighted by Gasteiger charge is 2.72. The Bertz CT molecular complexity index is 901. The molecule has 204 valence electrons. The van der Waals surface area contributed by atoms with Crippen molar-refractivity contribution in [2.75, 3.05) is 5.75 Å². The van der Waals surface area contributed by atoms with E-state index in [1.165, 1.54) is 68.2 Å². The van der Waals surface area contributed by atoms with Crippen LogP contribution in [0.1, 0.15) is 124 Å². The van der Waals surface area contributed by atoms with Crippen molar-refractivity contribution in [1.82, 2.24) is 4.31 Å². The Kier molecular flexibility index (Phi) is 10.9. The number of hydrogen-bond acceptors (Lipinski definition) is 3. The van der Waals surface area contributed by atoms with E-state index in [0.717, 1.165) is 44.9 Å². The molecular formula is C31H51NO3S. The summed E-state index contributed by atoms with van der Waals surface area (Å²) in [6, 6.07) is -0.142. The van der Waals surface area contributed by atoms with Crippen molar-refractivity contribution in [2.45, 2.75) is 130 Å². The lowest BCUT2D eigenvalue weighted by molar-refractivity contribution is -0.124. The minimum atomic E-state index is -3.52. The molecule has 1 spiro atoms. The lowest BCUT2D eigenvalue weighted by Gasteiger charge is -2.36. The van der Waals surface area contributed by atoms with Gasteiger partial charge in [0.1, 0.15) is 0 Å². The van der Waals surface area contributed by atoms with Crippen LogP contribution in [0.25, 0.3) is 0 Å². The summed E-state index contributed by atoms with van der Waals surface area (Å²) in [5, 5.41) is 0. The lowest BCUT2D eigenvalue weighted by Crippen LogP contribution is -2.43. The quantitative estimate of drug-likeness (QED) is 0.118. The van der Waals surface area contributed by atoms with Gasteiger partial charge in [-0.25, -0.2) is 12.7 Å². The summed E-state index contributed by atoms with van der Waals surface area (Å²) in [6.45, 7) is 6.69. The molecule has 3 aliphatic rings. The van der Waals surface area contributed by atoms with E-state index < -0.39 is 10.0 Å². The third-order valence-corrected chi connectivity index (χ3v) is 11.4. The molecule has 0 aromatic heterocycles.